The third-order valence-electron chi connectivity index (χ3n) is 3.84. The van der Waals surface area contributed by atoms with Crippen LogP contribution >= 0.6 is 11.3 Å². The number of anilines is 1. The number of hydrogen-bond donors (Lipinski definition) is 1. The van der Waals surface area contributed by atoms with Gasteiger partial charge in [0, 0.05) is 17.5 Å². The second-order valence-corrected chi connectivity index (χ2v) is 6.49. The Kier molecular flexibility index (Phi) is 4.64. The number of nitrogens with one attached hydrogen (secondary N) is 1. The SMILES string of the molecule is Cc1c(-c2csc(N/N=C/c3ccco3)n2)nnn1-c1ccc([N+](=O)[O-])cc1. The Labute approximate surface area is 162 Å². The molecule has 0 saturated carbocycles. The summed E-state index contributed by atoms with van der Waals surface area (Å²) in [5, 5.41) is 25.6. The lowest BCUT2D eigenvalue weighted by Crippen LogP contribution is -1.99. The quantitative estimate of drug-likeness (QED) is 0.300. The van der Waals surface area contributed by atoms with Crippen LogP contribution in [0.5, 0.6) is 0 Å². The second kappa shape index (κ2) is 7.40. The molecule has 0 bridgehead atoms. The van der Waals surface area contributed by atoms with Crippen molar-refractivity contribution in [2.45, 2.75) is 6.92 Å². The highest BCUT2D eigenvalue weighted by atomic mass is 32.1. The Morgan fingerprint density at radius 2 is 2.14 bits per heavy atom. The zero-order valence-electron chi connectivity index (χ0n) is 14.5. The van der Waals surface area contributed by atoms with Gasteiger partial charge in [-0.05, 0) is 31.2 Å². The van der Waals surface area contributed by atoms with Crippen LogP contribution in [0.3, 0.4) is 0 Å². The molecule has 0 radical (unpaired) electrons. The largest absolute Gasteiger partial charge is 0.463 e. The number of rotatable bonds is 6. The van der Waals surface area contributed by atoms with Gasteiger partial charge >= 0.3 is 0 Å². The summed E-state index contributed by atoms with van der Waals surface area (Å²) in [7, 11) is 0. The van der Waals surface area contributed by atoms with Gasteiger partial charge in [-0.2, -0.15) is 5.10 Å². The molecule has 4 aromatic rings. The van der Waals surface area contributed by atoms with Crippen molar-refractivity contribution in [3.8, 4) is 17.1 Å². The molecule has 1 aromatic carbocycles. The predicted molar refractivity (Wildman–Crippen MR) is 104 cm³/mol. The molecule has 4 rings (SSSR count). The number of nitrogens with zero attached hydrogens (tertiary/aromatic N) is 6. The number of benzene rings is 1. The maximum Gasteiger partial charge on any atom is 0.269 e. The monoisotopic (exact) mass is 395 g/mol. The molecule has 0 aliphatic carbocycles. The van der Waals surface area contributed by atoms with Crippen molar-refractivity contribution in [1.29, 1.82) is 0 Å². The maximum absolute atomic E-state index is 10.8. The molecule has 3 aromatic heterocycles. The van der Waals surface area contributed by atoms with Gasteiger partial charge in [0.15, 0.2) is 0 Å². The molecule has 0 saturated heterocycles. The van der Waals surface area contributed by atoms with Crippen LogP contribution in [0.1, 0.15) is 11.5 Å². The van der Waals surface area contributed by atoms with Gasteiger partial charge in [-0.1, -0.05) is 5.21 Å². The van der Waals surface area contributed by atoms with E-state index >= 15 is 0 Å². The predicted octanol–water partition coefficient (Wildman–Crippen LogP) is 3.65. The lowest BCUT2D eigenvalue weighted by atomic mass is 10.2. The minimum atomic E-state index is -0.443. The van der Waals surface area contributed by atoms with Crippen molar-refractivity contribution in [3.63, 3.8) is 0 Å². The van der Waals surface area contributed by atoms with Crippen LogP contribution in [0.2, 0.25) is 0 Å². The Morgan fingerprint density at radius 3 is 2.86 bits per heavy atom. The average Bonchev–Trinajstić information content (AvgIpc) is 3.43. The lowest BCUT2D eigenvalue weighted by Gasteiger charge is -2.02. The summed E-state index contributed by atoms with van der Waals surface area (Å²) in [6.07, 6.45) is 3.12. The number of non-ortho nitro benzene ring substituents is 1. The first-order valence-electron chi connectivity index (χ1n) is 8.07. The van der Waals surface area contributed by atoms with Crippen LogP contribution in [0, 0.1) is 17.0 Å². The molecular weight excluding hydrogens is 382 g/mol. The average molecular weight is 395 g/mol. The van der Waals surface area contributed by atoms with Gasteiger partial charge in [0.2, 0.25) is 5.13 Å². The topological polar surface area (TPSA) is 124 Å². The van der Waals surface area contributed by atoms with Crippen molar-refractivity contribution < 1.29 is 9.34 Å². The summed E-state index contributed by atoms with van der Waals surface area (Å²) >= 11 is 1.38. The van der Waals surface area contributed by atoms with Crippen molar-refractivity contribution in [2.24, 2.45) is 5.10 Å². The molecule has 0 aliphatic rings. The second-order valence-electron chi connectivity index (χ2n) is 5.63. The summed E-state index contributed by atoms with van der Waals surface area (Å²) in [4.78, 5) is 14.8. The van der Waals surface area contributed by atoms with Gasteiger partial charge < -0.3 is 4.42 Å². The van der Waals surface area contributed by atoms with E-state index in [9.17, 15) is 10.1 Å². The van der Waals surface area contributed by atoms with Gasteiger partial charge in [0.1, 0.15) is 17.1 Å². The summed E-state index contributed by atoms with van der Waals surface area (Å²) in [6.45, 7) is 1.86. The summed E-state index contributed by atoms with van der Waals surface area (Å²) in [5.41, 5.74) is 5.60. The summed E-state index contributed by atoms with van der Waals surface area (Å²) < 4.78 is 6.77. The smallest absolute Gasteiger partial charge is 0.269 e. The van der Waals surface area contributed by atoms with Crippen LogP contribution in [-0.4, -0.2) is 31.1 Å². The summed E-state index contributed by atoms with van der Waals surface area (Å²) in [5.74, 6) is 0.631. The number of nitro benzene ring substituents is 1. The molecule has 140 valence electrons. The highest BCUT2D eigenvalue weighted by Crippen LogP contribution is 2.27. The summed E-state index contributed by atoms with van der Waals surface area (Å²) in [6, 6.07) is 9.68. The molecule has 1 N–H and O–H groups in total. The fourth-order valence-electron chi connectivity index (χ4n) is 2.48. The van der Waals surface area contributed by atoms with Crippen molar-refractivity contribution in [2.75, 3.05) is 5.43 Å². The number of hydrogen-bond acceptors (Lipinski definition) is 9. The molecular formula is C17H13N7O3S. The van der Waals surface area contributed by atoms with Crippen molar-refractivity contribution >= 4 is 28.4 Å². The molecule has 0 fully saturated rings. The third-order valence-corrected chi connectivity index (χ3v) is 4.59. The van der Waals surface area contributed by atoms with E-state index in [0.717, 1.165) is 5.69 Å². The van der Waals surface area contributed by atoms with Crippen LogP contribution in [0.15, 0.2) is 57.6 Å². The lowest BCUT2D eigenvalue weighted by molar-refractivity contribution is -0.384. The van der Waals surface area contributed by atoms with E-state index < -0.39 is 4.92 Å². The minimum absolute atomic E-state index is 0.0204. The third kappa shape index (κ3) is 3.50. The number of furan rings is 1. The Hall–Kier alpha value is -3.86. The standard InChI is InChI=1S/C17H13N7O3S/c1-11-16(20-22-23(11)12-4-6-13(7-5-12)24(25)26)15-10-28-17(19-15)21-18-9-14-3-2-8-27-14/h2-10H,1H3,(H,19,21)/b18-9+. The molecule has 3 heterocycles. The molecule has 28 heavy (non-hydrogen) atoms. The molecule has 10 nitrogen and oxygen atoms in total. The molecule has 0 unspecified atom stereocenters. The van der Waals surface area contributed by atoms with Crippen LogP contribution in [-0.2, 0) is 0 Å². The van der Waals surface area contributed by atoms with E-state index in [4.69, 9.17) is 4.42 Å². The molecule has 0 aliphatic heterocycles. The van der Waals surface area contributed by atoms with Crippen LogP contribution < -0.4 is 5.43 Å². The van der Waals surface area contributed by atoms with E-state index in [2.05, 4.69) is 25.8 Å². The van der Waals surface area contributed by atoms with E-state index in [0.29, 0.717) is 28.0 Å². The normalized spacial score (nSPS) is 11.2. The zero-order chi connectivity index (χ0) is 19.5. The highest BCUT2D eigenvalue weighted by molar-refractivity contribution is 7.14. The van der Waals surface area contributed by atoms with Gasteiger partial charge in [-0.25, -0.2) is 9.67 Å². The maximum atomic E-state index is 10.8. The molecule has 0 amide bonds. The first-order chi connectivity index (χ1) is 13.6. The van der Waals surface area contributed by atoms with Crippen molar-refractivity contribution in [1.82, 2.24) is 20.0 Å². The van der Waals surface area contributed by atoms with E-state index in [1.54, 1.807) is 41.4 Å². The van der Waals surface area contributed by atoms with Crippen LogP contribution in [0.4, 0.5) is 10.8 Å². The Bertz CT molecular complexity index is 1130. The fourth-order valence-corrected chi connectivity index (χ4v) is 3.12. The Balaban J connectivity index is 1.52. The number of nitro groups is 1. The molecule has 0 atom stereocenters. The first-order valence-corrected chi connectivity index (χ1v) is 8.95. The van der Waals surface area contributed by atoms with Gasteiger partial charge in [-0.3, -0.25) is 15.5 Å². The van der Waals surface area contributed by atoms with E-state index in [-0.39, 0.29) is 5.69 Å². The van der Waals surface area contributed by atoms with Gasteiger partial charge in [0.25, 0.3) is 5.69 Å². The highest BCUT2D eigenvalue weighted by Gasteiger charge is 2.16. The van der Waals surface area contributed by atoms with Crippen LogP contribution in [0.25, 0.3) is 17.1 Å². The number of aromatic nitrogens is 4. The fraction of sp³-hybridized carbons (Fsp3) is 0.0588. The van der Waals surface area contributed by atoms with Crippen molar-refractivity contribution in [3.05, 3.63) is 69.6 Å². The minimum Gasteiger partial charge on any atom is -0.463 e. The Morgan fingerprint density at radius 1 is 1.32 bits per heavy atom. The molecule has 0 spiro atoms. The van der Waals surface area contributed by atoms with Gasteiger partial charge in [0.05, 0.1) is 28.8 Å². The van der Waals surface area contributed by atoms with E-state index in [1.807, 2.05) is 12.3 Å². The van der Waals surface area contributed by atoms with Gasteiger partial charge in [-0.15, -0.1) is 16.4 Å². The first kappa shape index (κ1) is 17.5. The number of thiazole rings is 1. The zero-order valence-corrected chi connectivity index (χ0v) is 15.3. The number of hydrazone groups is 1. The van der Waals surface area contributed by atoms with E-state index in [1.165, 1.54) is 23.5 Å². The molecule has 11 heteroatoms.